The third kappa shape index (κ3) is 56.1. The summed E-state index contributed by atoms with van der Waals surface area (Å²) in [5.41, 5.74) is 0. The van der Waals surface area contributed by atoms with Gasteiger partial charge in [-0.2, -0.15) is 0 Å². The summed E-state index contributed by atoms with van der Waals surface area (Å²) in [5.74, 6) is -0.0597. The number of hydrogen-bond donors (Lipinski definition) is 3. The molecule has 0 saturated carbocycles. The van der Waals surface area contributed by atoms with Crippen LogP contribution >= 0.6 is 15.6 Å². The molecule has 0 amide bonds. The fourth-order valence-corrected chi connectivity index (χ4v) is 10.6. The van der Waals surface area contributed by atoms with Crippen molar-refractivity contribution >= 4 is 39.5 Å². The fourth-order valence-electron chi connectivity index (χ4n) is 9.05. The van der Waals surface area contributed by atoms with Gasteiger partial charge in [-0.25, -0.2) is 9.13 Å². The first-order valence-electron chi connectivity index (χ1n) is 33.2. The number of aliphatic hydroxyl groups excluding tert-OH is 1. The molecule has 0 fully saturated rings. The lowest BCUT2D eigenvalue weighted by Crippen LogP contribution is -2.30. The Hall–Kier alpha value is -2.46. The summed E-state index contributed by atoms with van der Waals surface area (Å²) in [5, 5.41) is 10.5. The molecule has 494 valence electrons. The van der Waals surface area contributed by atoms with Gasteiger partial charge in [-0.05, 0) is 69.1 Å². The maximum Gasteiger partial charge on any atom is 0.472 e. The first kappa shape index (κ1) is 81.5. The lowest BCUT2D eigenvalue weighted by atomic mass is 10.00. The number of ether oxygens (including phenoxy) is 4. The molecule has 4 unspecified atom stereocenters. The van der Waals surface area contributed by atoms with Crippen LogP contribution in [-0.4, -0.2) is 96.7 Å². The second-order valence-electron chi connectivity index (χ2n) is 23.8. The van der Waals surface area contributed by atoms with E-state index in [0.717, 1.165) is 127 Å². The molecular formula is C65H122O17P2. The highest BCUT2D eigenvalue weighted by Gasteiger charge is 2.30. The molecule has 17 nitrogen and oxygen atoms in total. The van der Waals surface area contributed by atoms with Crippen LogP contribution in [0.2, 0.25) is 0 Å². The Labute approximate surface area is 510 Å². The molecule has 7 atom stereocenters. The van der Waals surface area contributed by atoms with Gasteiger partial charge < -0.3 is 33.8 Å². The van der Waals surface area contributed by atoms with E-state index in [1.807, 2.05) is 0 Å². The second-order valence-corrected chi connectivity index (χ2v) is 26.7. The monoisotopic (exact) mass is 1240 g/mol. The lowest BCUT2D eigenvalue weighted by Gasteiger charge is -2.21. The van der Waals surface area contributed by atoms with Gasteiger partial charge in [0.15, 0.2) is 12.2 Å². The average molecular weight is 1240 g/mol. The summed E-state index contributed by atoms with van der Waals surface area (Å²) in [7, 11) is -9.90. The van der Waals surface area contributed by atoms with Crippen LogP contribution in [0.4, 0.5) is 0 Å². The molecule has 3 N–H and O–H groups in total. The molecule has 0 saturated heterocycles. The third-order valence-electron chi connectivity index (χ3n) is 15.0. The van der Waals surface area contributed by atoms with Crippen LogP contribution in [0.1, 0.15) is 292 Å². The van der Waals surface area contributed by atoms with E-state index in [2.05, 4.69) is 72.8 Å². The molecule has 0 rings (SSSR count). The smallest absolute Gasteiger partial charge is 0.462 e. The van der Waals surface area contributed by atoms with Gasteiger partial charge in [-0.1, -0.05) is 240 Å². The molecule has 0 aromatic heterocycles. The predicted molar refractivity (Wildman–Crippen MR) is 335 cm³/mol. The number of phosphoric ester groups is 2. The van der Waals surface area contributed by atoms with E-state index in [9.17, 15) is 43.2 Å². The van der Waals surface area contributed by atoms with Gasteiger partial charge in [-0.3, -0.25) is 37.3 Å². The van der Waals surface area contributed by atoms with E-state index in [1.54, 1.807) is 0 Å². The van der Waals surface area contributed by atoms with Crippen molar-refractivity contribution in [3.05, 3.63) is 24.3 Å². The topological polar surface area (TPSA) is 237 Å². The van der Waals surface area contributed by atoms with E-state index >= 15 is 0 Å². The van der Waals surface area contributed by atoms with Crippen molar-refractivity contribution in [1.82, 2.24) is 0 Å². The Morgan fingerprint density at radius 1 is 0.393 bits per heavy atom. The maximum atomic E-state index is 13.0. The van der Waals surface area contributed by atoms with Gasteiger partial charge in [-0.15, -0.1) is 0 Å². The van der Waals surface area contributed by atoms with Crippen molar-refractivity contribution in [3.8, 4) is 0 Å². The van der Waals surface area contributed by atoms with Gasteiger partial charge in [0.05, 0.1) is 26.4 Å². The van der Waals surface area contributed by atoms with Crippen molar-refractivity contribution in [2.24, 2.45) is 17.8 Å². The molecule has 0 heterocycles. The van der Waals surface area contributed by atoms with Crippen LogP contribution in [0.3, 0.4) is 0 Å². The van der Waals surface area contributed by atoms with Gasteiger partial charge in [0.1, 0.15) is 19.3 Å². The van der Waals surface area contributed by atoms with Crippen LogP contribution in [0, 0.1) is 17.8 Å². The van der Waals surface area contributed by atoms with Gasteiger partial charge in [0.2, 0.25) is 0 Å². The van der Waals surface area contributed by atoms with E-state index in [4.69, 9.17) is 37.0 Å². The largest absolute Gasteiger partial charge is 0.472 e. The number of phosphoric acid groups is 2. The van der Waals surface area contributed by atoms with Crippen molar-refractivity contribution in [2.75, 3.05) is 39.6 Å². The standard InChI is InChI=1S/C65H122O17P2/c1-8-11-12-13-14-15-16-17-18-19-20-21-22-32-39-46-62(67)75-52-60(81-64(69)48-41-34-27-24-30-37-44-57(6)9-2)54-79-83(71,72)77-50-59(66)51-78-84(73,74)80-55-61(53-76-63(68)47-40-33-26-23-29-36-43-56(4)5)82-65(70)49-42-35-28-25-31-38-45-58(7)10-3/h15-18,56-61,66H,8-14,19-55H2,1-7H3,(H,71,72)(H,73,74)/b16-15-,18-17-/t57?,58?,59-,60-,61-/m1/s1. The van der Waals surface area contributed by atoms with Crippen molar-refractivity contribution < 1.29 is 80.2 Å². The van der Waals surface area contributed by atoms with Gasteiger partial charge in [0.25, 0.3) is 0 Å². The summed E-state index contributed by atoms with van der Waals surface area (Å²) in [4.78, 5) is 72.2. The molecule has 19 heteroatoms. The summed E-state index contributed by atoms with van der Waals surface area (Å²) in [6, 6.07) is 0. The van der Waals surface area contributed by atoms with Gasteiger partial charge >= 0.3 is 39.5 Å². The lowest BCUT2D eigenvalue weighted by molar-refractivity contribution is -0.161. The molecule has 0 aromatic carbocycles. The zero-order chi connectivity index (χ0) is 62.4. The quantitative estimate of drug-likeness (QED) is 0.0169. The maximum absolute atomic E-state index is 13.0. The first-order valence-corrected chi connectivity index (χ1v) is 36.2. The Bertz CT molecular complexity index is 1760. The minimum atomic E-state index is -4.95. The highest BCUT2D eigenvalue weighted by atomic mass is 31.2. The van der Waals surface area contributed by atoms with Crippen LogP contribution in [0.5, 0.6) is 0 Å². The van der Waals surface area contributed by atoms with E-state index in [0.29, 0.717) is 31.6 Å². The molecule has 0 bridgehead atoms. The molecule has 0 aliphatic carbocycles. The normalized spacial score (nSPS) is 15.2. The number of hydrogen-bond acceptors (Lipinski definition) is 15. The highest BCUT2D eigenvalue weighted by molar-refractivity contribution is 7.47. The summed E-state index contributed by atoms with van der Waals surface area (Å²) in [6.07, 6.45) is 40.1. The molecule has 0 aromatic rings. The number of unbranched alkanes of at least 4 members (excludes halogenated alkanes) is 24. The van der Waals surface area contributed by atoms with Crippen LogP contribution in [0.15, 0.2) is 24.3 Å². The van der Waals surface area contributed by atoms with Crippen LogP contribution < -0.4 is 0 Å². The third-order valence-corrected chi connectivity index (χ3v) is 16.9. The number of esters is 4. The Morgan fingerprint density at radius 3 is 1.06 bits per heavy atom. The molecule has 0 spiro atoms. The summed E-state index contributed by atoms with van der Waals surface area (Å²) >= 11 is 0. The van der Waals surface area contributed by atoms with E-state index in [1.165, 1.54) is 77.0 Å². The highest BCUT2D eigenvalue weighted by Crippen LogP contribution is 2.45. The Kier molecular flexibility index (Phi) is 54.2. The molecular weight excluding hydrogens is 1110 g/mol. The minimum absolute atomic E-state index is 0.0953. The minimum Gasteiger partial charge on any atom is -0.462 e. The van der Waals surface area contributed by atoms with Crippen molar-refractivity contribution in [2.45, 2.75) is 311 Å². The molecule has 84 heavy (non-hydrogen) atoms. The summed E-state index contributed by atoms with van der Waals surface area (Å²) < 4.78 is 67.9. The Morgan fingerprint density at radius 2 is 0.702 bits per heavy atom. The van der Waals surface area contributed by atoms with Crippen molar-refractivity contribution in [1.29, 1.82) is 0 Å². The van der Waals surface area contributed by atoms with E-state index < -0.39 is 97.5 Å². The molecule has 0 aliphatic heterocycles. The van der Waals surface area contributed by atoms with Crippen LogP contribution in [0.25, 0.3) is 0 Å². The average Bonchev–Trinajstić information content (AvgIpc) is 3.46. The number of carbonyl (C=O) groups is 4. The van der Waals surface area contributed by atoms with Crippen molar-refractivity contribution in [3.63, 3.8) is 0 Å². The zero-order valence-corrected chi connectivity index (χ0v) is 55.6. The second kappa shape index (κ2) is 55.8. The number of rotatable bonds is 61. The zero-order valence-electron chi connectivity index (χ0n) is 53.8. The predicted octanol–water partition coefficient (Wildman–Crippen LogP) is 17.4. The molecule has 0 aliphatic rings. The summed E-state index contributed by atoms with van der Waals surface area (Å²) in [6.45, 7) is 11.5. The SMILES string of the molecule is CCCCCC/C=C\C=C/CCCCCCCC(=O)OC[C@H](COP(=O)(O)OC[C@@H](O)COP(=O)(O)OC[C@@H](COC(=O)CCCCCCCCC(C)C)OC(=O)CCCCCCCCC(C)CC)OC(=O)CCCCCCCCC(C)CC. The van der Waals surface area contributed by atoms with E-state index in [-0.39, 0.29) is 25.7 Å². The van der Waals surface area contributed by atoms with Gasteiger partial charge in [0, 0.05) is 25.7 Å². The molecule has 0 radical (unpaired) electrons. The fraction of sp³-hybridized carbons (Fsp3) is 0.877. The number of allylic oxidation sites excluding steroid dienone is 4. The van der Waals surface area contributed by atoms with Crippen LogP contribution in [-0.2, 0) is 65.4 Å². The Balaban J connectivity index is 5.27. The number of carbonyl (C=O) groups excluding carboxylic acids is 4. The first-order chi connectivity index (χ1) is 40.3. The number of aliphatic hydroxyl groups is 1.